The molecule has 0 N–H and O–H groups in total. The summed E-state index contributed by atoms with van der Waals surface area (Å²) in [5.74, 6) is 0. The number of aromatic nitrogens is 2. The van der Waals surface area contributed by atoms with Gasteiger partial charge in [0.25, 0.3) is 0 Å². The van der Waals surface area contributed by atoms with Gasteiger partial charge in [-0.2, -0.15) is 10.2 Å². The highest BCUT2D eigenvalue weighted by atomic mass is 15.2. The Morgan fingerprint density at radius 1 is 1.24 bits per heavy atom. The van der Waals surface area contributed by atoms with Crippen LogP contribution in [0.1, 0.15) is 24.2 Å². The molecule has 0 amide bonds. The van der Waals surface area contributed by atoms with Crippen molar-refractivity contribution in [1.82, 2.24) is 20.0 Å². The fourth-order valence-corrected chi connectivity index (χ4v) is 2.33. The Morgan fingerprint density at radius 2 is 1.94 bits per heavy atom. The molecule has 1 aromatic rings. The molecular weight excluding hydrogens is 212 g/mol. The van der Waals surface area contributed by atoms with Crippen molar-refractivity contribution in [2.75, 3.05) is 27.2 Å². The van der Waals surface area contributed by atoms with Crippen LogP contribution < -0.4 is 0 Å². The molecule has 0 saturated carbocycles. The van der Waals surface area contributed by atoms with Crippen molar-refractivity contribution in [3.63, 3.8) is 0 Å². The molecule has 1 fully saturated rings. The van der Waals surface area contributed by atoms with E-state index in [9.17, 15) is 0 Å². The first-order valence-corrected chi connectivity index (χ1v) is 6.33. The quantitative estimate of drug-likeness (QED) is 0.789. The number of hydrogen-bond acceptors (Lipinski definition) is 4. The molecule has 0 bridgehead atoms. The molecule has 4 nitrogen and oxygen atoms in total. The topological polar surface area (TPSA) is 32.3 Å². The predicted molar refractivity (Wildman–Crippen MR) is 68.8 cm³/mol. The number of likely N-dealkylation sites (tertiary alicyclic amines) is 1. The van der Waals surface area contributed by atoms with E-state index in [0.717, 1.165) is 24.0 Å². The average molecular weight is 234 g/mol. The molecular formula is C13H22N4. The van der Waals surface area contributed by atoms with Gasteiger partial charge in [0.05, 0.1) is 11.4 Å². The fraction of sp³-hybridized carbons (Fsp3) is 0.692. The zero-order chi connectivity index (χ0) is 12.3. The second kappa shape index (κ2) is 5.56. The second-order valence-corrected chi connectivity index (χ2v) is 5.14. The maximum absolute atomic E-state index is 4.22. The van der Waals surface area contributed by atoms with Crippen LogP contribution in [0.15, 0.2) is 12.1 Å². The van der Waals surface area contributed by atoms with Gasteiger partial charge in [0.1, 0.15) is 0 Å². The maximum atomic E-state index is 4.22. The summed E-state index contributed by atoms with van der Waals surface area (Å²) in [6, 6.07) is 4.87. The van der Waals surface area contributed by atoms with E-state index in [4.69, 9.17) is 0 Å². The number of aryl methyl sites for hydroxylation is 1. The lowest BCUT2D eigenvalue weighted by atomic mass is 10.0. The molecule has 0 aliphatic carbocycles. The van der Waals surface area contributed by atoms with Crippen molar-refractivity contribution in [2.45, 2.75) is 32.4 Å². The highest BCUT2D eigenvalue weighted by Crippen LogP contribution is 2.15. The standard InChI is InChI=1S/C13H22N4/c1-11-4-5-12(15-14-11)10-17-8-6-13(7-9-17)16(2)3/h4-5,13H,6-10H2,1-3H3. The first-order chi connectivity index (χ1) is 8.15. The van der Waals surface area contributed by atoms with Crippen LogP contribution in [0.5, 0.6) is 0 Å². The van der Waals surface area contributed by atoms with E-state index < -0.39 is 0 Å². The first-order valence-electron chi connectivity index (χ1n) is 6.33. The van der Waals surface area contributed by atoms with Crippen LogP contribution >= 0.6 is 0 Å². The molecule has 2 rings (SSSR count). The lowest BCUT2D eigenvalue weighted by molar-refractivity contribution is 0.138. The van der Waals surface area contributed by atoms with Crippen molar-refractivity contribution in [3.8, 4) is 0 Å². The molecule has 2 heterocycles. The van der Waals surface area contributed by atoms with Crippen LogP contribution in [0.2, 0.25) is 0 Å². The Balaban J connectivity index is 1.84. The monoisotopic (exact) mass is 234 g/mol. The van der Waals surface area contributed by atoms with Gasteiger partial charge in [-0.25, -0.2) is 0 Å². The third kappa shape index (κ3) is 3.48. The summed E-state index contributed by atoms with van der Waals surface area (Å²) in [7, 11) is 4.34. The predicted octanol–water partition coefficient (Wildman–Crippen LogP) is 1.31. The van der Waals surface area contributed by atoms with Crippen LogP contribution in [0.3, 0.4) is 0 Å². The molecule has 0 unspecified atom stereocenters. The molecule has 0 aromatic carbocycles. The highest BCUT2D eigenvalue weighted by Gasteiger charge is 2.20. The molecule has 0 spiro atoms. The average Bonchev–Trinajstić information content (AvgIpc) is 2.33. The SMILES string of the molecule is Cc1ccc(CN2CCC(N(C)C)CC2)nn1. The number of nitrogens with zero attached hydrogens (tertiary/aromatic N) is 4. The Morgan fingerprint density at radius 3 is 2.47 bits per heavy atom. The number of piperidine rings is 1. The van der Waals surface area contributed by atoms with Gasteiger partial charge in [-0.15, -0.1) is 0 Å². The van der Waals surface area contributed by atoms with E-state index >= 15 is 0 Å². The summed E-state index contributed by atoms with van der Waals surface area (Å²) in [5, 5.41) is 8.33. The van der Waals surface area contributed by atoms with Crippen LogP contribution in [0, 0.1) is 6.92 Å². The summed E-state index contributed by atoms with van der Waals surface area (Å²) in [5.41, 5.74) is 2.07. The molecule has 0 radical (unpaired) electrons. The third-order valence-corrected chi connectivity index (χ3v) is 3.53. The van der Waals surface area contributed by atoms with Gasteiger partial charge in [-0.1, -0.05) is 0 Å². The molecule has 1 aromatic heterocycles. The number of rotatable bonds is 3. The largest absolute Gasteiger partial charge is 0.306 e. The van der Waals surface area contributed by atoms with Crippen LogP contribution in [-0.2, 0) is 6.54 Å². The summed E-state index contributed by atoms with van der Waals surface area (Å²) in [6.45, 7) is 5.24. The Kier molecular flexibility index (Phi) is 4.07. The number of hydrogen-bond donors (Lipinski definition) is 0. The van der Waals surface area contributed by atoms with E-state index in [1.54, 1.807) is 0 Å². The normalized spacial score (nSPS) is 18.8. The summed E-state index contributed by atoms with van der Waals surface area (Å²) < 4.78 is 0. The van der Waals surface area contributed by atoms with Crippen LogP contribution in [0.4, 0.5) is 0 Å². The smallest absolute Gasteiger partial charge is 0.0771 e. The molecule has 17 heavy (non-hydrogen) atoms. The van der Waals surface area contributed by atoms with E-state index in [1.165, 1.54) is 25.9 Å². The van der Waals surface area contributed by atoms with Crippen molar-refractivity contribution in [2.24, 2.45) is 0 Å². The molecule has 1 saturated heterocycles. The zero-order valence-corrected chi connectivity index (χ0v) is 11.1. The summed E-state index contributed by atoms with van der Waals surface area (Å²) in [4.78, 5) is 4.81. The zero-order valence-electron chi connectivity index (χ0n) is 11.1. The van der Waals surface area contributed by atoms with Crippen molar-refractivity contribution < 1.29 is 0 Å². The van der Waals surface area contributed by atoms with Crippen molar-refractivity contribution in [3.05, 3.63) is 23.5 Å². The third-order valence-electron chi connectivity index (χ3n) is 3.53. The minimum Gasteiger partial charge on any atom is -0.306 e. The Bertz CT molecular complexity index is 339. The van der Waals surface area contributed by atoms with Gasteiger partial charge in [0.15, 0.2) is 0 Å². The minimum atomic E-state index is 0.746. The van der Waals surface area contributed by atoms with Gasteiger partial charge in [0.2, 0.25) is 0 Å². The Labute approximate surface area is 104 Å². The lowest BCUT2D eigenvalue weighted by Gasteiger charge is -2.34. The maximum Gasteiger partial charge on any atom is 0.0771 e. The van der Waals surface area contributed by atoms with Gasteiger partial charge >= 0.3 is 0 Å². The van der Waals surface area contributed by atoms with Gasteiger partial charge in [-0.05, 0) is 46.0 Å². The highest BCUT2D eigenvalue weighted by molar-refractivity contribution is 5.05. The lowest BCUT2D eigenvalue weighted by Crippen LogP contribution is -2.41. The second-order valence-electron chi connectivity index (χ2n) is 5.14. The first kappa shape index (κ1) is 12.5. The van der Waals surface area contributed by atoms with Crippen LogP contribution in [-0.4, -0.2) is 53.2 Å². The summed E-state index contributed by atoms with van der Waals surface area (Å²) in [6.07, 6.45) is 2.51. The van der Waals surface area contributed by atoms with E-state index in [1.807, 2.05) is 13.0 Å². The van der Waals surface area contributed by atoms with Gasteiger partial charge < -0.3 is 4.90 Å². The van der Waals surface area contributed by atoms with E-state index in [-0.39, 0.29) is 0 Å². The van der Waals surface area contributed by atoms with E-state index in [2.05, 4.69) is 40.2 Å². The van der Waals surface area contributed by atoms with Crippen molar-refractivity contribution >= 4 is 0 Å². The summed E-state index contributed by atoms with van der Waals surface area (Å²) >= 11 is 0. The molecule has 0 atom stereocenters. The fourth-order valence-electron chi connectivity index (χ4n) is 2.33. The van der Waals surface area contributed by atoms with Crippen molar-refractivity contribution in [1.29, 1.82) is 0 Å². The van der Waals surface area contributed by atoms with Gasteiger partial charge in [-0.3, -0.25) is 4.90 Å². The van der Waals surface area contributed by atoms with Gasteiger partial charge in [0, 0.05) is 25.7 Å². The minimum absolute atomic E-state index is 0.746. The molecule has 1 aliphatic heterocycles. The molecule has 1 aliphatic rings. The Hall–Kier alpha value is -1.00. The molecule has 94 valence electrons. The molecule has 4 heteroatoms. The van der Waals surface area contributed by atoms with Crippen LogP contribution in [0.25, 0.3) is 0 Å². The van der Waals surface area contributed by atoms with E-state index in [0.29, 0.717) is 0 Å².